The minimum atomic E-state index is -4.38. The number of nitrogens with zero attached hydrogens (tertiary/aromatic N) is 6. The van der Waals surface area contributed by atoms with Crippen molar-refractivity contribution < 1.29 is 22.5 Å². The molecule has 164 valence electrons. The van der Waals surface area contributed by atoms with Crippen LogP contribution in [0.5, 0.6) is 0 Å². The van der Waals surface area contributed by atoms with Gasteiger partial charge in [-0.05, 0) is 36.4 Å². The Kier molecular flexibility index (Phi) is 5.71. The summed E-state index contributed by atoms with van der Waals surface area (Å²) in [6, 6.07) is 8.39. The fraction of sp³-hybridized carbons (Fsp3) is 0.190. The number of hydrogen-bond acceptors (Lipinski definition) is 7. The van der Waals surface area contributed by atoms with Crippen molar-refractivity contribution in [2.45, 2.75) is 12.7 Å². The van der Waals surface area contributed by atoms with Gasteiger partial charge < -0.3 is 9.42 Å². The molecule has 0 fully saturated rings. The summed E-state index contributed by atoms with van der Waals surface area (Å²) in [6.07, 6.45) is 0.945. The van der Waals surface area contributed by atoms with Crippen LogP contribution in [-0.2, 0) is 12.7 Å². The SMILES string of the molecule is CN(CCn1ncc(-c2nc(-c3cccnc3)no2)c1C=O)c1ccc(C(F)(F)F)cc1. The summed E-state index contributed by atoms with van der Waals surface area (Å²) in [5.74, 6) is 0.480. The van der Waals surface area contributed by atoms with Gasteiger partial charge in [0.05, 0.1) is 23.9 Å². The first kappa shape index (κ1) is 21.2. The second-order valence-corrected chi connectivity index (χ2v) is 6.92. The highest BCUT2D eigenvalue weighted by Gasteiger charge is 2.30. The van der Waals surface area contributed by atoms with Crippen molar-refractivity contribution in [3.63, 3.8) is 0 Å². The molecule has 11 heteroatoms. The van der Waals surface area contributed by atoms with Gasteiger partial charge in [-0.2, -0.15) is 23.3 Å². The molecule has 0 saturated carbocycles. The lowest BCUT2D eigenvalue weighted by atomic mass is 10.2. The Morgan fingerprint density at radius 2 is 1.94 bits per heavy atom. The fourth-order valence-corrected chi connectivity index (χ4v) is 3.09. The molecule has 0 amide bonds. The molecule has 0 aliphatic heterocycles. The molecule has 0 aliphatic carbocycles. The average molecular weight is 442 g/mol. The van der Waals surface area contributed by atoms with Gasteiger partial charge in [-0.25, -0.2) is 0 Å². The monoisotopic (exact) mass is 442 g/mol. The van der Waals surface area contributed by atoms with E-state index < -0.39 is 11.7 Å². The Labute approximate surface area is 180 Å². The molecular formula is C21H17F3N6O2. The zero-order chi connectivity index (χ0) is 22.7. The number of carbonyl (C=O) groups is 1. The molecule has 0 spiro atoms. The number of aromatic nitrogens is 5. The molecule has 4 rings (SSSR count). The van der Waals surface area contributed by atoms with Crippen LogP contribution in [-0.4, -0.2) is 44.8 Å². The van der Waals surface area contributed by atoms with E-state index in [1.165, 1.54) is 23.0 Å². The van der Waals surface area contributed by atoms with E-state index in [0.29, 0.717) is 42.0 Å². The molecule has 8 nitrogen and oxygen atoms in total. The highest BCUT2D eigenvalue weighted by atomic mass is 19.4. The molecular weight excluding hydrogens is 425 g/mol. The maximum atomic E-state index is 12.7. The molecule has 0 aliphatic rings. The van der Waals surface area contributed by atoms with Crippen molar-refractivity contribution in [3.05, 3.63) is 66.2 Å². The Balaban J connectivity index is 1.48. The standard InChI is InChI=1S/C21H17F3N6O2/c1-29(16-6-4-15(5-7-16)21(22,23)24)9-10-30-18(13-31)17(12-26-30)20-27-19(28-32-20)14-3-2-8-25-11-14/h2-8,11-13H,9-10H2,1H3. The summed E-state index contributed by atoms with van der Waals surface area (Å²) in [6.45, 7) is 0.716. The van der Waals surface area contributed by atoms with E-state index in [9.17, 15) is 18.0 Å². The molecule has 3 heterocycles. The first-order valence-corrected chi connectivity index (χ1v) is 9.50. The maximum absolute atomic E-state index is 12.7. The van der Waals surface area contributed by atoms with Crippen LogP contribution in [0.3, 0.4) is 0 Å². The van der Waals surface area contributed by atoms with Crippen molar-refractivity contribution >= 4 is 12.0 Å². The van der Waals surface area contributed by atoms with Gasteiger partial charge in [-0.1, -0.05) is 5.16 Å². The number of aldehydes is 1. The van der Waals surface area contributed by atoms with Crippen molar-refractivity contribution in [1.82, 2.24) is 24.9 Å². The van der Waals surface area contributed by atoms with Crippen LogP contribution in [0.15, 0.2) is 59.5 Å². The summed E-state index contributed by atoms with van der Waals surface area (Å²) in [5.41, 5.74) is 1.21. The molecule has 0 bridgehead atoms. The lowest BCUT2D eigenvalue weighted by molar-refractivity contribution is -0.137. The van der Waals surface area contributed by atoms with Crippen LogP contribution in [0.25, 0.3) is 22.8 Å². The van der Waals surface area contributed by atoms with Crippen LogP contribution in [0.1, 0.15) is 16.1 Å². The third-order valence-electron chi connectivity index (χ3n) is 4.85. The van der Waals surface area contributed by atoms with E-state index in [0.717, 1.165) is 12.1 Å². The maximum Gasteiger partial charge on any atom is 0.416 e. The van der Waals surface area contributed by atoms with E-state index in [1.54, 1.807) is 36.5 Å². The first-order valence-electron chi connectivity index (χ1n) is 9.50. The molecule has 0 saturated heterocycles. The van der Waals surface area contributed by atoms with Gasteiger partial charge in [0.2, 0.25) is 5.82 Å². The second kappa shape index (κ2) is 8.61. The van der Waals surface area contributed by atoms with Gasteiger partial charge in [0, 0.05) is 37.2 Å². The quantitative estimate of drug-likeness (QED) is 0.400. The molecule has 0 N–H and O–H groups in total. The Bertz CT molecular complexity index is 1200. The van der Waals surface area contributed by atoms with Crippen LogP contribution < -0.4 is 4.90 Å². The predicted molar refractivity (Wildman–Crippen MR) is 109 cm³/mol. The molecule has 32 heavy (non-hydrogen) atoms. The third kappa shape index (κ3) is 4.36. The molecule has 3 aromatic heterocycles. The lowest BCUT2D eigenvalue weighted by Gasteiger charge is -2.20. The largest absolute Gasteiger partial charge is 0.416 e. The van der Waals surface area contributed by atoms with Crippen LogP contribution in [0.4, 0.5) is 18.9 Å². The highest BCUT2D eigenvalue weighted by Crippen LogP contribution is 2.30. The van der Waals surface area contributed by atoms with Crippen molar-refractivity contribution in [2.24, 2.45) is 0 Å². The summed E-state index contributed by atoms with van der Waals surface area (Å²) in [5, 5.41) is 8.15. The second-order valence-electron chi connectivity index (χ2n) is 6.92. The number of benzene rings is 1. The third-order valence-corrected chi connectivity index (χ3v) is 4.85. The van der Waals surface area contributed by atoms with Crippen LogP contribution in [0.2, 0.25) is 0 Å². The minimum absolute atomic E-state index is 0.147. The van der Waals surface area contributed by atoms with Gasteiger partial charge >= 0.3 is 6.18 Å². The Morgan fingerprint density at radius 1 is 1.16 bits per heavy atom. The number of carbonyl (C=O) groups excluding carboxylic acids is 1. The summed E-state index contributed by atoms with van der Waals surface area (Å²) >= 11 is 0. The fourth-order valence-electron chi connectivity index (χ4n) is 3.09. The molecule has 1 aromatic carbocycles. The van der Waals surface area contributed by atoms with Gasteiger partial charge in [-0.3, -0.25) is 14.5 Å². The van der Waals surface area contributed by atoms with Gasteiger partial charge in [0.1, 0.15) is 5.69 Å². The van der Waals surface area contributed by atoms with Gasteiger partial charge in [-0.15, -0.1) is 0 Å². The Hall–Kier alpha value is -4.02. The zero-order valence-corrected chi connectivity index (χ0v) is 16.8. The summed E-state index contributed by atoms with van der Waals surface area (Å²) in [7, 11) is 1.74. The van der Waals surface area contributed by atoms with E-state index in [4.69, 9.17) is 4.52 Å². The number of alkyl halides is 3. The molecule has 4 aromatic rings. The number of rotatable bonds is 7. The molecule has 0 atom stereocenters. The average Bonchev–Trinajstić information content (AvgIpc) is 3.44. The van der Waals surface area contributed by atoms with Crippen molar-refractivity contribution in [1.29, 1.82) is 0 Å². The molecule has 0 radical (unpaired) electrons. The lowest BCUT2D eigenvalue weighted by Crippen LogP contribution is -2.24. The van der Waals surface area contributed by atoms with Crippen LogP contribution >= 0.6 is 0 Å². The normalized spacial score (nSPS) is 11.5. The van der Waals surface area contributed by atoms with E-state index >= 15 is 0 Å². The van der Waals surface area contributed by atoms with E-state index in [2.05, 4.69) is 20.2 Å². The first-order chi connectivity index (χ1) is 15.4. The molecule has 0 unspecified atom stereocenters. The number of hydrogen-bond donors (Lipinski definition) is 0. The number of pyridine rings is 1. The number of anilines is 1. The number of halogens is 3. The van der Waals surface area contributed by atoms with Crippen LogP contribution in [0, 0.1) is 0 Å². The van der Waals surface area contributed by atoms with Crippen molar-refractivity contribution in [3.8, 4) is 22.8 Å². The Morgan fingerprint density at radius 3 is 2.59 bits per heavy atom. The van der Waals surface area contributed by atoms with E-state index in [1.807, 2.05) is 0 Å². The summed E-state index contributed by atoms with van der Waals surface area (Å²) < 4.78 is 45.0. The van der Waals surface area contributed by atoms with E-state index in [-0.39, 0.29) is 11.6 Å². The topological polar surface area (TPSA) is 89.9 Å². The minimum Gasteiger partial charge on any atom is -0.373 e. The predicted octanol–water partition coefficient (Wildman–Crippen LogP) is 3.96. The van der Waals surface area contributed by atoms with Crippen molar-refractivity contribution in [2.75, 3.05) is 18.5 Å². The number of likely N-dealkylation sites (N-methyl/N-ethyl adjacent to an activating group) is 1. The zero-order valence-electron chi connectivity index (χ0n) is 16.8. The summed E-state index contributed by atoms with van der Waals surface area (Å²) in [4.78, 5) is 21.8. The highest BCUT2D eigenvalue weighted by molar-refractivity contribution is 5.83. The smallest absolute Gasteiger partial charge is 0.373 e. The van der Waals surface area contributed by atoms with Gasteiger partial charge in [0.15, 0.2) is 6.29 Å². The van der Waals surface area contributed by atoms with Gasteiger partial charge in [0.25, 0.3) is 5.89 Å².